The van der Waals surface area contributed by atoms with E-state index in [2.05, 4.69) is 20.9 Å². The molecule has 0 radical (unpaired) electrons. The van der Waals surface area contributed by atoms with Gasteiger partial charge in [-0.05, 0) is 35.3 Å². The number of nitrogens with zero attached hydrogens (tertiary/aromatic N) is 2. The number of carbonyl (C=O) groups excluding carboxylic acids is 2. The molecule has 0 aromatic carbocycles. The highest BCUT2D eigenvalue weighted by Crippen LogP contribution is 2.23. The van der Waals surface area contributed by atoms with Crippen LogP contribution in [-0.2, 0) is 15.9 Å². The maximum absolute atomic E-state index is 12.0. The zero-order valence-electron chi connectivity index (χ0n) is 12.0. The van der Waals surface area contributed by atoms with Gasteiger partial charge in [-0.3, -0.25) is 4.40 Å². The average Bonchev–Trinajstić information content (AvgIpc) is 2.84. The molecule has 0 aliphatic heterocycles. The summed E-state index contributed by atoms with van der Waals surface area (Å²) in [6.07, 6.45) is 2.22. The summed E-state index contributed by atoms with van der Waals surface area (Å²) in [5.41, 5.74) is 1.58. The lowest BCUT2D eigenvalue weighted by atomic mass is 10.2. The molecule has 2 aromatic rings. The number of methoxy groups -OCH3 is 1. The average molecular weight is 355 g/mol. The molecular weight excluding hydrogens is 340 g/mol. The van der Waals surface area contributed by atoms with Crippen LogP contribution >= 0.6 is 15.9 Å². The van der Waals surface area contributed by atoms with Crippen molar-refractivity contribution in [2.24, 2.45) is 0 Å². The van der Waals surface area contributed by atoms with Gasteiger partial charge in [-0.1, -0.05) is 6.92 Å². The van der Waals surface area contributed by atoms with Crippen molar-refractivity contribution in [2.45, 2.75) is 20.3 Å². The summed E-state index contributed by atoms with van der Waals surface area (Å²) in [5.74, 6) is -0.972. The molecule has 2 heterocycles. The van der Waals surface area contributed by atoms with Gasteiger partial charge in [0.05, 0.1) is 19.4 Å². The molecule has 0 N–H and O–H groups in total. The number of carbonyl (C=O) groups is 2. The monoisotopic (exact) mass is 354 g/mol. The molecule has 112 valence electrons. The lowest BCUT2D eigenvalue weighted by molar-refractivity contribution is 0.0525. The number of aryl methyl sites for hydroxylation is 1. The van der Waals surface area contributed by atoms with Crippen LogP contribution in [0.3, 0.4) is 0 Å². The predicted octanol–water partition coefficient (Wildman–Crippen LogP) is 2.62. The first-order chi connectivity index (χ1) is 10.0. The van der Waals surface area contributed by atoms with Gasteiger partial charge < -0.3 is 9.47 Å². The van der Waals surface area contributed by atoms with Gasteiger partial charge in [-0.2, -0.15) is 0 Å². The maximum Gasteiger partial charge on any atom is 0.357 e. The van der Waals surface area contributed by atoms with E-state index in [1.54, 1.807) is 23.6 Å². The van der Waals surface area contributed by atoms with Gasteiger partial charge >= 0.3 is 11.9 Å². The van der Waals surface area contributed by atoms with Crippen LogP contribution in [0.5, 0.6) is 0 Å². The van der Waals surface area contributed by atoms with E-state index in [0.717, 1.165) is 0 Å². The maximum atomic E-state index is 12.0. The molecule has 7 heteroatoms. The third kappa shape index (κ3) is 2.78. The number of esters is 2. The minimum absolute atomic E-state index is 0.267. The largest absolute Gasteiger partial charge is 0.464 e. The normalized spacial score (nSPS) is 10.7. The summed E-state index contributed by atoms with van der Waals surface area (Å²) in [6.45, 7) is 3.88. The first-order valence-electron chi connectivity index (χ1n) is 6.49. The van der Waals surface area contributed by atoms with Crippen LogP contribution in [0, 0.1) is 0 Å². The molecule has 21 heavy (non-hydrogen) atoms. The lowest BCUT2D eigenvalue weighted by Crippen LogP contribution is -2.10. The highest BCUT2D eigenvalue weighted by atomic mass is 79.9. The summed E-state index contributed by atoms with van der Waals surface area (Å²) >= 11 is 3.33. The number of fused-ring (bicyclic) bond motifs is 1. The molecule has 0 aliphatic carbocycles. The molecule has 6 nitrogen and oxygen atoms in total. The van der Waals surface area contributed by atoms with Crippen molar-refractivity contribution in [3.8, 4) is 0 Å². The Labute approximate surface area is 130 Å². The number of aromatic nitrogens is 2. The van der Waals surface area contributed by atoms with Gasteiger partial charge in [-0.25, -0.2) is 14.6 Å². The Morgan fingerprint density at radius 3 is 2.62 bits per heavy atom. The van der Waals surface area contributed by atoms with E-state index in [1.807, 2.05) is 6.92 Å². The van der Waals surface area contributed by atoms with Crippen LogP contribution in [0.15, 0.2) is 16.7 Å². The second kappa shape index (κ2) is 6.26. The van der Waals surface area contributed by atoms with Gasteiger partial charge in [0.15, 0.2) is 11.3 Å². The van der Waals surface area contributed by atoms with E-state index in [0.29, 0.717) is 33.5 Å². The number of ether oxygens (including phenoxy) is 2. The van der Waals surface area contributed by atoms with Gasteiger partial charge in [0.25, 0.3) is 0 Å². The molecule has 0 saturated heterocycles. The highest BCUT2D eigenvalue weighted by molar-refractivity contribution is 9.10. The van der Waals surface area contributed by atoms with Crippen molar-refractivity contribution in [2.75, 3.05) is 13.7 Å². The van der Waals surface area contributed by atoms with E-state index in [4.69, 9.17) is 9.47 Å². The third-order valence-corrected chi connectivity index (χ3v) is 3.40. The van der Waals surface area contributed by atoms with E-state index in [9.17, 15) is 9.59 Å². The van der Waals surface area contributed by atoms with E-state index in [1.165, 1.54) is 7.11 Å². The zero-order valence-corrected chi connectivity index (χ0v) is 13.6. The van der Waals surface area contributed by atoms with E-state index >= 15 is 0 Å². The topological polar surface area (TPSA) is 69.9 Å². The number of hydrogen-bond acceptors (Lipinski definition) is 5. The van der Waals surface area contributed by atoms with Crippen molar-refractivity contribution >= 4 is 33.5 Å². The molecule has 2 rings (SSSR count). The van der Waals surface area contributed by atoms with Crippen molar-refractivity contribution in [1.29, 1.82) is 0 Å². The molecule has 0 unspecified atom stereocenters. The SMILES string of the molecule is CCOC(=O)c1cc(Br)cn2c(C(=O)OC)c(CC)nc12. The quantitative estimate of drug-likeness (QED) is 0.789. The van der Waals surface area contributed by atoms with E-state index in [-0.39, 0.29) is 6.61 Å². The zero-order chi connectivity index (χ0) is 15.6. The fourth-order valence-corrected chi connectivity index (χ4v) is 2.51. The smallest absolute Gasteiger partial charge is 0.357 e. The van der Waals surface area contributed by atoms with Gasteiger partial charge in [0.2, 0.25) is 0 Å². The van der Waals surface area contributed by atoms with E-state index < -0.39 is 11.9 Å². The van der Waals surface area contributed by atoms with Crippen LogP contribution < -0.4 is 0 Å². The molecule has 0 atom stereocenters. The Hall–Kier alpha value is -1.89. The van der Waals surface area contributed by atoms with Crippen molar-refractivity contribution < 1.29 is 19.1 Å². The molecular formula is C14H15BrN2O4. The number of halogens is 1. The number of hydrogen-bond donors (Lipinski definition) is 0. The van der Waals surface area contributed by atoms with Crippen molar-refractivity contribution in [1.82, 2.24) is 9.38 Å². The molecule has 0 aliphatic rings. The minimum Gasteiger partial charge on any atom is -0.464 e. The molecule has 0 spiro atoms. The van der Waals surface area contributed by atoms with Crippen molar-refractivity contribution in [3.63, 3.8) is 0 Å². The Kier molecular flexibility index (Phi) is 4.62. The van der Waals surface area contributed by atoms with Gasteiger partial charge in [0, 0.05) is 10.7 Å². The lowest BCUT2D eigenvalue weighted by Gasteiger charge is -2.06. The Morgan fingerprint density at radius 2 is 2.05 bits per heavy atom. The third-order valence-electron chi connectivity index (χ3n) is 2.97. The summed E-state index contributed by atoms with van der Waals surface area (Å²) in [4.78, 5) is 28.4. The first-order valence-corrected chi connectivity index (χ1v) is 7.28. The second-order valence-electron chi connectivity index (χ2n) is 4.24. The fraction of sp³-hybridized carbons (Fsp3) is 0.357. The summed E-state index contributed by atoms with van der Waals surface area (Å²) < 4.78 is 12.0. The first kappa shape index (κ1) is 15.5. The number of pyridine rings is 1. The van der Waals surface area contributed by atoms with Crippen LogP contribution in [0.4, 0.5) is 0 Å². The summed E-state index contributed by atoms with van der Waals surface area (Å²) in [6, 6.07) is 1.63. The summed E-state index contributed by atoms with van der Waals surface area (Å²) in [7, 11) is 1.31. The standard InChI is InChI=1S/C14H15BrN2O4/c1-4-10-11(14(19)20-3)17-7-8(15)6-9(12(17)16-10)13(18)21-5-2/h6-7H,4-5H2,1-3H3. The number of imidazole rings is 1. The molecule has 2 aromatic heterocycles. The molecule has 0 amide bonds. The number of rotatable bonds is 4. The summed E-state index contributed by atoms with van der Waals surface area (Å²) in [5, 5.41) is 0. The fourth-order valence-electron chi connectivity index (χ4n) is 2.08. The van der Waals surface area contributed by atoms with Crippen LogP contribution in [0.1, 0.15) is 40.4 Å². The second-order valence-corrected chi connectivity index (χ2v) is 5.15. The van der Waals surface area contributed by atoms with Gasteiger partial charge in [0.1, 0.15) is 5.56 Å². The minimum atomic E-state index is -0.493. The Balaban J connectivity index is 2.76. The highest BCUT2D eigenvalue weighted by Gasteiger charge is 2.23. The van der Waals surface area contributed by atoms with Crippen LogP contribution in [0.2, 0.25) is 0 Å². The van der Waals surface area contributed by atoms with Gasteiger partial charge in [-0.15, -0.1) is 0 Å². The molecule has 0 bridgehead atoms. The Bertz CT molecular complexity index is 709. The molecule has 0 fully saturated rings. The Morgan fingerprint density at radius 1 is 1.33 bits per heavy atom. The predicted molar refractivity (Wildman–Crippen MR) is 79.6 cm³/mol. The van der Waals surface area contributed by atoms with Crippen LogP contribution in [0.25, 0.3) is 5.65 Å². The molecule has 0 saturated carbocycles. The van der Waals surface area contributed by atoms with Crippen molar-refractivity contribution in [3.05, 3.63) is 33.7 Å². The van der Waals surface area contributed by atoms with Crippen LogP contribution in [-0.4, -0.2) is 35.0 Å².